The van der Waals surface area contributed by atoms with Crippen LogP contribution in [-0.2, 0) is 0 Å². The van der Waals surface area contributed by atoms with E-state index in [0.29, 0.717) is 11.8 Å². The molecule has 0 saturated heterocycles. The molecule has 0 bridgehead atoms. The van der Waals surface area contributed by atoms with Crippen LogP contribution in [0.5, 0.6) is 11.5 Å². The van der Waals surface area contributed by atoms with Gasteiger partial charge in [-0.05, 0) is 48.6 Å². The van der Waals surface area contributed by atoms with E-state index in [9.17, 15) is 10.2 Å². The Hall–Kier alpha value is -0.389. The standard InChI is InChI=1S/2C12H16O.Ba/c2*13-12-8-4-7-11(9-12)10-5-2-1-3-6-10;/h2*4,7-10,13H,1-3,5-6H2;/q;;+2/p-2. The molecule has 0 N–H and O–H groups in total. The number of hydrogen-bond donors (Lipinski definition) is 0. The second kappa shape index (κ2) is 12.2. The quantitative estimate of drug-likeness (QED) is 0.544. The molecule has 0 unspecified atom stereocenters. The van der Waals surface area contributed by atoms with Crippen molar-refractivity contribution in [2.75, 3.05) is 0 Å². The van der Waals surface area contributed by atoms with Crippen LogP contribution in [0.2, 0.25) is 0 Å². The summed E-state index contributed by atoms with van der Waals surface area (Å²) in [5.74, 6) is 1.62. The Morgan fingerprint density at radius 3 is 1.26 bits per heavy atom. The van der Waals surface area contributed by atoms with E-state index in [2.05, 4.69) is 12.1 Å². The minimum atomic E-state index is 0. The third-order valence-corrected chi connectivity index (χ3v) is 5.87. The summed E-state index contributed by atoms with van der Waals surface area (Å²) < 4.78 is 0. The van der Waals surface area contributed by atoms with Gasteiger partial charge in [-0.15, -0.1) is 11.5 Å². The van der Waals surface area contributed by atoms with Gasteiger partial charge in [0.05, 0.1) is 0 Å². The van der Waals surface area contributed by atoms with Crippen molar-refractivity contribution in [2.24, 2.45) is 0 Å². The molecule has 0 radical (unpaired) electrons. The SMILES string of the molecule is [Ba+2].[O-]c1cccc(C2CCCCC2)c1.[O-]c1cccc(C2CCCCC2)c1. The molecule has 0 aliphatic heterocycles. The van der Waals surface area contributed by atoms with E-state index in [4.69, 9.17) is 0 Å². The molecule has 2 fully saturated rings. The van der Waals surface area contributed by atoms with Gasteiger partial charge in [0.1, 0.15) is 0 Å². The zero-order valence-electron chi connectivity index (χ0n) is 16.4. The first kappa shape index (κ1) is 22.9. The first-order valence-electron chi connectivity index (χ1n) is 10.3. The summed E-state index contributed by atoms with van der Waals surface area (Å²) in [6.45, 7) is 0. The van der Waals surface area contributed by atoms with Gasteiger partial charge in [0.2, 0.25) is 0 Å². The summed E-state index contributed by atoms with van der Waals surface area (Å²) in [6, 6.07) is 14.8. The van der Waals surface area contributed by atoms with Crippen molar-refractivity contribution in [3.63, 3.8) is 0 Å². The van der Waals surface area contributed by atoms with Gasteiger partial charge >= 0.3 is 48.9 Å². The molecule has 0 amide bonds. The maximum Gasteiger partial charge on any atom is 2.00 e. The minimum Gasteiger partial charge on any atom is -0.872 e. The van der Waals surface area contributed by atoms with Gasteiger partial charge in [0.25, 0.3) is 0 Å². The number of rotatable bonds is 2. The van der Waals surface area contributed by atoms with Crippen LogP contribution in [0.4, 0.5) is 0 Å². The Bertz CT molecular complexity index is 614. The maximum atomic E-state index is 11.1. The molecule has 2 aliphatic rings. The second-order valence-corrected chi connectivity index (χ2v) is 7.81. The van der Waals surface area contributed by atoms with Crippen LogP contribution < -0.4 is 10.2 Å². The Morgan fingerprint density at radius 1 is 0.556 bits per heavy atom. The number of hydrogen-bond acceptors (Lipinski definition) is 2. The minimum absolute atomic E-state index is 0. The van der Waals surface area contributed by atoms with E-state index >= 15 is 0 Å². The molecule has 2 saturated carbocycles. The molecule has 2 aliphatic carbocycles. The van der Waals surface area contributed by atoms with Crippen LogP contribution in [0.15, 0.2) is 48.5 Å². The average Bonchev–Trinajstić information content (AvgIpc) is 2.70. The summed E-state index contributed by atoms with van der Waals surface area (Å²) in [5.41, 5.74) is 2.51. The molecule has 2 aromatic rings. The van der Waals surface area contributed by atoms with Crippen molar-refractivity contribution in [2.45, 2.75) is 76.0 Å². The van der Waals surface area contributed by atoms with Crippen molar-refractivity contribution in [3.8, 4) is 11.5 Å². The second-order valence-electron chi connectivity index (χ2n) is 7.81. The van der Waals surface area contributed by atoms with Gasteiger partial charge in [-0.25, -0.2) is 0 Å². The zero-order chi connectivity index (χ0) is 18.2. The molecular weight excluding hydrogens is 458 g/mol. The maximum absolute atomic E-state index is 11.1. The van der Waals surface area contributed by atoms with Crippen molar-refractivity contribution in [3.05, 3.63) is 59.7 Å². The van der Waals surface area contributed by atoms with Crippen LogP contribution in [0, 0.1) is 0 Å². The topological polar surface area (TPSA) is 46.1 Å². The molecule has 0 spiro atoms. The third kappa shape index (κ3) is 7.51. The Morgan fingerprint density at radius 2 is 0.926 bits per heavy atom. The molecule has 0 atom stereocenters. The molecule has 2 aromatic carbocycles. The van der Waals surface area contributed by atoms with E-state index < -0.39 is 0 Å². The van der Waals surface area contributed by atoms with Gasteiger partial charge in [-0.2, -0.15) is 0 Å². The van der Waals surface area contributed by atoms with Crippen LogP contribution in [-0.4, -0.2) is 48.9 Å². The fraction of sp³-hybridized carbons (Fsp3) is 0.500. The zero-order valence-corrected chi connectivity index (χ0v) is 20.8. The van der Waals surface area contributed by atoms with Crippen molar-refractivity contribution in [1.82, 2.24) is 0 Å². The largest absolute Gasteiger partial charge is 2.00 e. The summed E-state index contributed by atoms with van der Waals surface area (Å²) in [4.78, 5) is 0. The van der Waals surface area contributed by atoms with Crippen LogP contribution in [0.3, 0.4) is 0 Å². The Balaban J connectivity index is 0.000000187. The van der Waals surface area contributed by atoms with E-state index in [1.807, 2.05) is 12.1 Å². The Labute approximate surface area is 204 Å². The normalized spacial score (nSPS) is 18.1. The molecule has 0 aromatic heterocycles. The molecule has 3 heteroatoms. The summed E-state index contributed by atoms with van der Waals surface area (Å²) >= 11 is 0. The third-order valence-electron chi connectivity index (χ3n) is 5.87. The summed E-state index contributed by atoms with van der Waals surface area (Å²) in [7, 11) is 0. The molecular formula is C24H30BaO2. The molecule has 140 valence electrons. The molecule has 4 rings (SSSR count). The summed E-state index contributed by atoms with van der Waals surface area (Å²) in [6.07, 6.45) is 13.1. The van der Waals surface area contributed by atoms with Crippen LogP contribution in [0.25, 0.3) is 0 Å². The van der Waals surface area contributed by atoms with Gasteiger partial charge in [-0.1, -0.05) is 87.1 Å². The summed E-state index contributed by atoms with van der Waals surface area (Å²) in [5, 5.41) is 22.3. The monoisotopic (exact) mass is 488 g/mol. The van der Waals surface area contributed by atoms with Crippen molar-refractivity contribution in [1.29, 1.82) is 0 Å². The van der Waals surface area contributed by atoms with Gasteiger partial charge in [0, 0.05) is 0 Å². The van der Waals surface area contributed by atoms with E-state index in [1.165, 1.54) is 75.3 Å². The van der Waals surface area contributed by atoms with Crippen LogP contribution in [0.1, 0.15) is 87.2 Å². The van der Waals surface area contributed by atoms with Crippen LogP contribution >= 0.6 is 0 Å². The Kier molecular flexibility index (Phi) is 10.4. The smallest absolute Gasteiger partial charge is 0.872 e. The molecule has 2 nitrogen and oxygen atoms in total. The van der Waals surface area contributed by atoms with Crippen molar-refractivity contribution < 1.29 is 10.2 Å². The predicted octanol–water partition coefficient (Wildman–Crippen LogP) is 5.24. The molecule has 27 heavy (non-hydrogen) atoms. The predicted molar refractivity (Wildman–Crippen MR) is 109 cm³/mol. The van der Waals surface area contributed by atoms with Crippen molar-refractivity contribution >= 4 is 48.9 Å². The first-order valence-corrected chi connectivity index (χ1v) is 10.3. The van der Waals surface area contributed by atoms with Gasteiger partial charge in [0.15, 0.2) is 0 Å². The number of benzene rings is 2. The van der Waals surface area contributed by atoms with E-state index in [-0.39, 0.29) is 60.4 Å². The molecule has 0 heterocycles. The first-order chi connectivity index (χ1) is 12.7. The van der Waals surface area contributed by atoms with E-state index in [0.717, 1.165) is 0 Å². The fourth-order valence-corrected chi connectivity index (χ4v) is 4.41. The van der Waals surface area contributed by atoms with Gasteiger partial charge in [-0.3, -0.25) is 0 Å². The fourth-order valence-electron chi connectivity index (χ4n) is 4.41. The van der Waals surface area contributed by atoms with E-state index in [1.54, 1.807) is 24.3 Å². The average molecular weight is 488 g/mol. The van der Waals surface area contributed by atoms with Gasteiger partial charge < -0.3 is 10.2 Å².